The third kappa shape index (κ3) is 7.52. The highest BCUT2D eigenvalue weighted by molar-refractivity contribution is 5.92. The standard InChI is InChI=1S/C53H39F2N5O8/c1-3-51(41-26-16-15-25-40(41)47(63)64)43(38-23-13-14-24-39(38)46(61)62)52(55,31-67-48(65)33-17-7-4-8-18-33)68-49(51)60-32-56-42-44(57-50(54)58-45(42)60)59-53(34-19-9-5-10-20-34,35-21-11-6-12-22-35)36-27-29-37(66-2)30-28-36/h1,4-30,32,43,49H,31H2,2H3,(H,61,62)(H,63,64)(H,57,58,59)/t43-,49+,51+,52-/m0/s1. The minimum absolute atomic E-state index is 0.0495. The van der Waals surface area contributed by atoms with Gasteiger partial charge in [-0.2, -0.15) is 14.4 Å². The summed E-state index contributed by atoms with van der Waals surface area (Å²) in [6.07, 6.45) is 4.60. The fraction of sp³-hybridized carbons (Fsp3) is 0.132. The number of nitrogens with one attached hydrogen (secondary N) is 1. The van der Waals surface area contributed by atoms with Gasteiger partial charge in [0.1, 0.15) is 16.7 Å². The summed E-state index contributed by atoms with van der Waals surface area (Å²) >= 11 is 0. The summed E-state index contributed by atoms with van der Waals surface area (Å²) in [5.74, 6) is -5.95. The van der Waals surface area contributed by atoms with E-state index >= 15 is 8.78 Å². The van der Waals surface area contributed by atoms with Crippen LogP contribution >= 0.6 is 0 Å². The first-order valence-corrected chi connectivity index (χ1v) is 21.1. The van der Waals surface area contributed by atoms with Crippen LogP contribution in [0, 0.1) is 18.4 Å². The number of methoxy groups -OCH3 is 1. The van der Waals surface area contributed by atoms with Crippen molar-refractivity contribution in [2.75, 3.05) is 19.0 Å². The van der Waals surface area contributed by atoms with Crippen LogP contribution in [0.1, 0.15) is 71.0 Å². The Morgan fingerprint density at radius 1 is 0.779 bits per heavy atom. The van der Waals surface area contributed by atoms with E-state index in [9.17, 15) is 24.6 Å². The molecule has 1 aliphatic rings. The highest BCUT2D eigenvalue weighted by Gasteiger charge is 2.68. The number of ether oxygens (including phenoxy) is 3. The third-order valence-electron chi connectivity index (χ3n) is 12.2. The van der Waals surface area contributed by atoms with Crippen molar-refractivity contribution < 1.29 is 47.6 Å². The maximum Gasteiger partial charge on any atom is 0.338 e. The molecule has 8 aromatic rings. The van der Waals surface area contributed by atoms with E-state index in [4.69, 9.17) is 20.6 Å². The van der Waals surface area contributed by atoms with Crippen LogP contribution in [0.2, 0.25) is 0 Å². The molecule has 9 rings (SSSR count). The average molecular weight is 912 g/mol. The molecule has 0 spiro atoms. The number of alkyl halides is 1. The molecule has 13 nitrogen and oxygen atoms in total. The Hall–Kier alpha value is -8.74. The van der Waals surface area contributed by atoms with Crippen LogP contribution in [-0.4, -0.2) is 67.2 Å². The van der Waals surface area contributed by atoms with Gasteiger partial charge >= 0.3 is 24.0 Å². The number of nitrogens with zero attached hydrogens (tertiary/aromatic N) is 4. The van der Waals surface area contributed by atoms with E-state index in [1.54, 1.807) is 37.4 Å². The number of carbonyl (C=O) groups is 3. The second-order valence-corrected chi connectivity index (χ2v) is 15.9. The molecule has 2 aromatic heterocycles. The van der Waals surface area contributed by atoms with Crippen LogP contribution < -0.4 is 10.1 Å². The Bertz CT molecular complexity index is 3180. The smallest absolute Gasteiger partial charge is 0.338 e. The van der Waals surface area contributed by atoms with Crippen molar-refractivity contribution in [2.24, 2.45) is 0 Å². The molecule has 68 heavy (non-hydrogen) atoms. The molecule has 1 fully saturated rings. The molecule has 338 valence electrons. The normalized spacial score (nSPS) is 18.9. The largest absolute Gasteiger partial charge is 0.497 e. The Morgan fingerprint density at radius 2 is 1.34 bits per heavy atom. The van der Waals surface area contributed by atoms with Gasteiger partial charge in [0.2, 0.25) is 0 Å². The first kappa shape index (κ1) is 44.5. The molecule has 6 aromatic carbocycles. The Labute approximate surface area is 387 Å². The lowest BCUT2D eigenvalue weighted by molar-refractivity contribution is -0.184. The average Bonchev–Trinajstić information content (AvgIpc) is 3.91. The summed E-state index contributed by atoms with van der Waals surface area (Å²) in [4.78, 5) is 52.7. The van der Waals surface area contributed by atoms with Crippen LogP contribution in [0.5, 0.6) is 5.75 Å². The van der Waals surface area contributed by atoms with Gasteiger partial charge in [0, 0.05) is 0 Å². The zero-order valence-corrected chi connectivity index (χ0v) is 36.0. The predicted molar refractivity (Wildman–Crippen MR) is 245 cm³/mol. The van der Waals surface area contributed by atoms with Crippen LogP contribution in [-0.2, 0) is 20.4 Å². The van der Waals surface area contributed by atoms with Gasteiger partial charge in [-0.3, -0.25) is 4.57 Å². The lowest BCUT2D eigenvalue weighted by Crippen LogP contribution is -2.43. The molecule has 0 amide bonds. The van der Waals surface area contributed by atoms with E-state index in [0.717, 1.165) is 4.57 Å². The molecule has 0 saturated carbocycles. The van der Waals surface area contributed by atoms with Gasteiger partial charge < -0.3 is 29.7 Å². The van der Waals surface area contributed by atoms with Gasteiger partial charge in [-0.1, -0.05) is 133 Å². The SMILES string of the molecule is C#C[C@]1(c2ccccc2C(=O)O)[C@H](n2cnc3c(NC(c4ccccc4)(c4ccccc4)c4ccc(OC)cc4)nc(F)nc32)O[C@@](F)(COC(=O)c2ccccc2)[C@H]1c1ccccc1C(=O)O. The topological polar surface area (TPSA) is 175 Å². The number of terminal acetylenes is 1. The first-order chi connectivity index (χ1) is 32.9. The van der Waals surface area contributed by atoms with E-state index in [0.29, 0.717) is 22.4 Å². The van der Waals surface area contributed by atoms with Gasteiger partial charge in [0.05, 0.1) is 36.0 Å². The molecule has 4 atom stereocenters. The summed E-state index contributed by atoms with van der Waals surface area (Å²) in [7, 11) is 1.55. The van der Waals surface area contributed by atoms with Crippen molar-refractivity contribution in [3.63, 3.8) is 0 Å². The zero-order valence-electron chi connectivity index (χ0n) is 36.0. The molecule has 0 bridgehead atoms. The van der Waals surface area contributed by atoms with E-state index in [1.807, 2.05) is 72.8 Å². The summed E-state index contributed by atoms with van der Waals surface area (Å²) in [6.45, 7) is -1.17. The Balaban J connectivity index is 1.30. The second kappa shape index (κ2) is 17.9. The number of fused-ring (bicyclic) bond motifs is 1. The zero-order chi connectivity index (χ0) is 47.6. The minimum Gasteiger partial charge on any atom is -0.497 e. The van der Waals surface area contributed by atoms with Crippen molar-refractivity contribution in [1.29, 1.82) is 0 Å². The van der Waals surface area contributed by atoms with Crippen LogP contribution in [0.3, 0.4) is 0 Å². The van der Waals surface area contributed by atoms with Crippen molar-refractivity contribution >= 4 is 34.9 Å². The van der Waals surface area contributed by atoms with E-state index in [-0.39, 0.29) is 39.2 Å². The molecule has 3 heterocycles. The van der Waals surface area contributed by atoms with Gasteiger partial charge in [0.15, 0.2) is 29.8 Å². The number of esters is 1. The maximum absolute atomic E-state index is 18.8. The Kier molecular flexibility index (Phi) is 11.7. The number of hydrogen-bond donors (Lipinski definition) is 3. The lowest BCUT2D eigenvalue weighted by atomic mass is 9.64. The molecule has 15 heteroatoms. The number of halogens is 2. The van der Waals surface area contributed by atoms with Crippen molar-refractivity contribution in [1.82, 2.24) is 19.5 Å². The van der Waals surface area contributed by atoms with Gasteiger partial charge in [-0.15, -0.1) is 6.42 Å². The fourth-order valence-electron chi connectivity index (χ4n) is 9.28. The quantitative estimate of drug-likeness (QED) is 0.0409. The van der Waals surface area contributed by atoms with Crippen LogP contribution in [0.25, 0.3) is 11.2 Å². The third-order valence-corrected chi connectivity index (χ3v) is 12.2. The lowest BCUT2D eigenvalue weighted by Gasteiger charge is -2.37. The number of aromatic nitrogens is 4. The van der Waals surface area contributed by atoms with Gasteiger partial charge in [-0.05, 0) is 64.2 Å². The number of anilines is 1. The second-order valence-electron chi connectivity index (χ2n) is 15.9. The number of aromatic carboxylic acids is 2. The van der Waals surface area contributed by atoms with E-state index in [1.165, 1.54) is 67.0 Å². The molecule has 1 aliphatic heterocycles. The fourth-order valence-corrected chi connectivity index (χ4v) is 9.28. The molecule has 0 aliphatic carbocycles. The summed E-state index contributed by atoms with van der Waals surface area (Å²) in [5, 5.41) is 24.7. The predicted octanol–water partition coefficient (Wildman–Crippen LogP) is 9.18. The number of hydrogen-bond acceptors (Lipinski definition) is 10. The summed E-state index contributed by atoms with van der Waals surface area (Å²) in [6, 6.07) is 44.7. The number of carboxylic acids is 2. The molecular formula is C53H39F2N5O8. The summed E-state index contributed by atoms with van der Waals surface area (Å²) < 4.78 is 53.9. The van der Waals surface area contributed by atoms with Crippen molar-refractivity contribution in [2.45, 2.75) is 29.0 Å². The van der Waals surface area contributed by atoms with E-state index < -0.39 is 65.1 Å². The van der Waals surface area contributed by atoms with E-state index in [2.05, 4.69) is 26.2 Å². The number of benzene rings is 6. The van der Waals surface area contributed by atoms with Gasteiger partial charge in [0.25, 0.3) is 5.85 Å². The first-order valence-electron chi connectivity index (χ1n) is 21.1. The van der Waals surface area contributed by atoms with Crippen LogP contribution in [0.4, 0.5) is 14.6 Å². The number of carbonyl (C=O) groups excluding carboxylic acids is 1. The van der Waals surface area contributed by atoms with Gasteiger partial charge in [-0.25, -0.2) is 23.8 Å². The minimum atomic E-state index is -3.23. The Morgan fingerprint density at radius 3 is 1.94 bits per heavy atom. The molecule has 1 saturated heterocycles. The highest BCUT2D eigenvalue weighted by atomic mass is 19.2. The highest BCUT2D eigenvalue weighted by Crippen LogP contribution is 2.62. The monoisotopic (exact) mass is 911 g/mol. The molecule has 0 radical (unpaired) electrons. The van der Waals surface area contributed by atoms with Crippen LogP contribution in [0.15, 0.2) is 170 Å². The molecule has 3 N–H and O–H groups in total. The molecule has 0 unspecified atom stereocenters. The van der Waals surface area contributed by atoms with Crippen molar-refractivity contribution in [3.05, 3.63) is 221 Å². The molecular weight excluding hydrogens is 873 g/mol. The number of carboxylic acid groups (broad SMARTS) is 2. The van der Waals surface area contributed by atoms with Crippen molar-refractivity contribution in [3.8, 4) is 18.1 Å². The summed E-state index contributed by atoms with van der Waals surface area (Å²) in [5.41, 5.74) is -2.99. The maximum atomic E-state index is 18.8. The number of rotatable bonds is 14. The number of imidazole rings is 1.